The zero-order valence-corrected chi connectivity index (χ0v) is 22.4. The van der Waals surface area contributed by atoms with Gasteiger partial charge in [-0.25, -0.2) is 4.39 Å². The van der Waals surface area contributed by atoms with E-state index in [9.17, 15) is 4.39 Å². The Labute approximate surface area is 233 Å². The van der Waals surface area contributed by atoms with Crippen molar-refractivity contribution in [1.29, 1.82) is 0 Å². The molecule has 0 unspecified atom stereocenters. The van der Waals surface area contributed by atoms with Crippen molar-refractivity contribution < 1.29 is 23.0 Å². The minimum atomic E-state index is -0.869. The fourth-order valence-corrected chi connectivity index (χ4v) is 8.87. The van der Waals surface area contributed by atoms with Gasteiger partial charge in [-0.2, -0.15) is 5.21 Å². The predicted molar refractivity (Wildman–Crippen MR) is 141 cm³/mol. The Morgan fingerprint density at radius 2 is 1.95 bits per heavy atom. The molecule has 4 aliphatic carbocycles. The maximum Gasteiger partial charge on any atom is 0.266 e. The Balaban J connectivity index is 1.25. The number of halogens is 1. The Kier molecular flexibility index (Phi) is 4.39. The summed E-state index contributed by atoms with van der Waals surface area (Å²) in [5, 5.41) is 24.1. The lowest BCUT2D eigenvalue weighted by Crippen LogP contribution is -2.79. The number of anilines is 1. The summed E-state index contributed by atoms with van der Waals surface area (Å²) in [6.07, 6.45) is 6.42. The van der Waals surface area contributed by atoms with Crippen molar-refractivity contribution in [1.82, 2.24) is 30.8 Å². The van der Waals surface area contributed by atoms with Crippen LogP contribution in [0.25, 0.3) is 11.5 Å². The normalized spacial score (nSPS) is 33.5. The van der Waals surface area contributed by atoms with Crippen LogP contribution in [0, 0.1) is 11.2 Å². The first-order chi connectivity index (χ1) is 20.0. The van der Waals surface area contributed by atoms with Crippen molar-refractivity contribution in [2.75, 3.05) is 25.7 Å². The fraction of sp³-hybridized carbons (Fsp3) is 0.414. The van der Waals surface area contributed by atoms with Crippen LogP contribution >= 0.6 is 0 Å². The maximum absolute atomic E-state index is 13.6. The van der Waals surface area contributed by atoms with Gasteiger partial charge in [0, 0.05) is 36.2 Å². The van der Waals surface area contributed by atoms with Gasteiger partial charge in [-0.15, -0.1) is 15.3 Å². The summed E-state index contributed by atoms with van der Waals surface area (Å²) in [5.41, 5.74) is 1.51. The second-order valence-corrected chi connectivity index (χ2v) is 11.6. The van der Waals surface area contributed by atoms with Crippen LogP contribution in [-0.2, 0) is 16.6 Å². The molecule has 0 amide bonds. The molecule has 2 aliphatic heterocycles. The quantitative estimate of drug-likeness (QED) is 0.367. The number of H-pyrrole nitrogens is 1. The largest absolute Gasteiger partial charge is 0.493 e. The van der Waals surface area contributed by atoms with Crippen molar-refractivity contribution in [2.24, 2.45) is 5.41 Å². The van der Waals surface area contributed by atoms with Crippen molar-refractivity contribution in [3.63, 3.8) is 0 Å². The molecule has 41 heavy (non-hydrogen) atoms. The third-order valence-corrected chi connectivity index (χ3v) is 10.4. The zero-order chi connectivity index (χ0) is 27.6. The smallest absolute Gasteiger partial charge is 0.266 e. The van der Waals surface area contributed by atoms with Crippen LogP contribution in [-0.4, -0.2) is 69.3 Å². The standard InChI is InChI=1S/C29H26FN7O4/c1-38-19-8-5-16-13-20-27-9-10-29(39-2,18(14-27)24-32-31-23(41-24)15-3-6-17(30)7-4-15)25-28(27,21(16)22(19)40-25)11-12-37(20)26-33-35-36-34-26/h3-10,18,20,25H,11-14H2,1-2H3,(H,33,34,35,36)/t18-,20+,25-,27+,28-,29+/m0/s1. The van der Waals surface area contributed by atoms with Crippen LogP contribution in [0.1, 0.15) is 35.8 Å². The van der Waals surface area contributed by atoms with Gasteiger partial charge in [0.05, 0.1) is 18.4 Å². The molecule has 12 heteroatoms. The first kappa shape index (κ1) is 23.4. The van der Waals surface area contributed by atoms with Gasteiger partial charge in [-0.1, -0.05) is 23.3 Å². The van der Waals surface area contributed by atoms with Gasteiger partial charge in [0.15, 0.2) is 11.5 Å². The predicted octanol–water partition coefficient (Wildman–Crippen LogP) is 3.36. The van der Waals surface area contributed by atoms with Crippen LogP contribution < -0.4 is 14.4 Å². The van der Waals surface area contributed by atoms with E-state index in [1.54, 1.807) is 26.4 Å². The van der Waals surface area contributed by atoms with Crippen LogP contribution in [0.5, 0.6) is 11.5 Å². The third-order valence-electron chi connectivity index (χ3n) is 10.4. The highest BCUT2D eigenvalue weighted by Gasteiger charge is 2.80. The SMILES string of the molecule is COc1ccc2c3c1O[C@@H]1[C@@]4(OC)C=C[C@@]5(C[C@H]4c4nnc(-c6ccc(F)cc6)o4)[C@@H](C2)N(c2nn[nH]n2)CC[C@]315. The second kappa shape index (κ2) is 7.69. The molecule has 0 radical (unpaired) electrons. The van der Waals surface area contributed by atoms with Gasteiger partial charge in [0.1, 0.15) is 17.5 Å². The first-order valence-electron chi connectivity index (χ1n) is 13.8. The van der Waals surface area contributed by atoms with E-state index in [-0.39, 0.29) is 34.7 Å². The van der Waals surface area contributed by atoms with Gasteiger partial charge >= 0.3 is 0 Å². The third kappa shape index (κ3) is 2.60. The molecule has 11 nitrogen and oxygen atoms in total. The molecule has 1 saturated heterocycles. The summed E-state index contributed by atoms with van der Waals surface area (Å²) in [7, 11) is 3.40. The molecule has 2 aromatic heterocycles. The number of aromatic nitrogens is 6. The van der Waals surface area contributed by atoms with E-state index in [4.69, 9.17) is 18.6 Å². The molecule has 10 rings (SSSR count). The zero-order valence-electron chi connectivity index (χ0n) is 22.4. The number of benzene rings is 2. The Hall–Kier alpha value is -4.32. The molecular formula is C29H26FN7O4. The molecule has 4 bridgehead atoms. The Morgan fingerprint density at radius 1 is 1.07 bits per heavy atom. The summed E-state index contributed by atoms with van der Waals surface area (Å²) in [5.74, 6) is 2.28. The number of nitrogens with one attached hydrogen (secondary N) is 1. The van der Waals surface area contributed by atoms with Crippen molar-refractivity contribution in [3.8, 4) is 23.0 Å². The highest BCUT2D eigenvalue weighted by molar-refractivity contribution is 5.67. The number of hydrogen-bond acceptors (Lipinski definition) is 10. The lowest BCUT2D eigenvalue weighted by Gasteiger charge is -2.70. The minimum absolute atomic E-state index is 0.0280. The van der Waals surface area contributed by atoms with Crippen molar-refractivity contribution in [3.05, 3.63) is 71.4 Å². The summed E-state index contributed by atoms with van der Waals surface area (Å²) in [6, 6.07) is 10.2. The summed E-state index contributed by atoms with van der Waals surface area (Å²) < 4.78 is 39.2. The number of ether oxygens (including phenoxy) is 3. The van der Waals surface area contributed by atoms with E-state index in [1.165, 1.54) is 23.3 Å². The van der Waals surface area contributed by atoms with E-state index in [1.807, 2.05) is 6.07 Å². The Bertz CT molecular complexity index is 1730. The number of aromatic amines is 1. The first-order valence-corrected chi connectivity index (χ1v) is 13.8. The summed E-state index contributed by atoms with van der Waals surface area (Å²) >= 11 is 0. The molecule has 4 aromatic rings. The summed E-state index contributed by atoms with van der Waals surface area (Å²) in [4.78, 5) is 2.28. The highest BCUT2D eigenvalue weighted by Crippen LogP contribution is 2.75. The lowest BCUT2D eigenvalue weighted by molar-refractivity contribution is -0.181. The average molecular weight is 556 g/mol. The van der Waals surface area contributed by atoms with Gasteiger partial charge in [0.25, 0.3) is 5.95 Å². The van der Waals surface area contributed by atoms with E-state index in [2.05, 4.69) is 53.9 Å². The summed E-state index contributed by atoms with van der Waals surface area (Å²) in [6.45, 7) is 0.746. The van der Waals surface area contributed by atoms with E-state index < -0.39 is 5.60 Å². The molecular weight excluding hydrogens is 529 g/mol. The van der Waals surface area contributed by atoms with Crippen molar-refractivity contribution >= 4 is 5.95 Å². The van der Waals surface area contributed by atoms with Gasteiger partial charge in [-0.05, 0) is 60.4 Å². The molecule has 1 saturated carbocycles. The maximum atomic E-state index is 13.6. The number of methoxy groups -OCH3 is 2. The van der Waals surface area contributed by atoms with Crippen LogP contribution in [0.3, 0.4) is 0 Å². The van der Waals surface area contributed by atoms with Crippen molar-refractivity contribution in [2.45, 2.75) is 48.3 Å². The molecule has 6 atom stereocenters. The van der Waals surface area contributed by atoms with Crippen LogP contribution in [0.2, 0.25) is 0 Å². The number of rotatable bonds is 5. The molecule has 2 aromatic carbocycles. The number of fused-ring (bicyclic) bond motifs is 1. The highest BCUT2D eigenvalue weighted by atomic mass is 19.1. The number of piperidine rings is 1. The van der Waals surface area contributed by atoms with Gasteiger partial charge in [-0.3, -0.25) is 0 Å². The fourth-order valence-electron chi connectivity index (χ4n) is 8.87. The Morgan fingerprint density at radius 3 is 2.73 bits per heavy atom. The number of nitrogens with zero attached hydrogens (tertiary/aromatic N) is 6. The number of hydrogen-bond donors (Lipinski definition) is 1. The van der Waals surface area contributed by atoms with Crippen LogP contribution in [0.15, 0.2) is 53.0 Å². The van der Waals surface area contributed by atoms with Gasteiger partial charge in [0.2, 0.25) is 11.8 Å². The topological polar surface area (TPSA) is 124 Å². The second-order valence-electron chi connectivity index (χ2n) is 11.6. The molecule has 4 heterocycles. The van der Waals surface area contributed by atoms with Crippen LogP contribution in [0.4, 0.5) is 10.3 Å². The van der Waals surface area contributed by atoms with E-state index >= 15 is 0 Å². The molecule has 208 valence electrons. The molecule has 2 spiro atoms. The monoisotopic (exact) mass is 555 g/mol. The molecule has 2 fully saturated rings. The lowest BCUT2D eigenvalue weighted by atomic mass is 9.37. The van der Waals surface area contributed by atoms with E-state index in [0.717, 1.165) is 30.9 Å². The van der Waals surface area contributed by atoms with E-state index in [0.29, 0.717) is 29.7 Å². The molecule has 1 N–H and O–H groups in total. The molecule has 6 aliphatic rings. The van der Waals surface area contributed by atoms with Gasteiger partial charge < -0.3 is 23.5 Å². The number of tetrazole rings is 1. The average Bonchev–Trinajstić information content (AvgIpc) is 3.77. The minimum Gasteiger partial charge on any atom is -0.493 e.